The standard InChI is InChI=1S/C22H19N3O5/c1-3-30-22(29)19-20(27)17-18(24(19)2)14-11-23-10-9-15(14)25(21(17)28)12-16(26)13-7-5-4-6-8-13/h4-11,27H,3,12H2,1-2H3. The molecular weight excluding hydrogens is 386 g/mol. The lowest BCUT2D eigenvalue weighted by Gasteiger charge is -2.11. The first-order valence-electron chi connectivity index (χ1n) is 9.39. The number of ether oxygens (including phenoxy) is 1. The van der Waals surface area contributed by atoms with Crippen molar-refractivity contribution >= 4 is 33.6 Å². The zero-order chi connectivity index (χ0) is 21.4. The van der Waals surface area contributed by atoms with Gasteiger partial charge in [-0.05, 0) is 13.0 Å². The molecule has 30 heavy (non-hydrogen) atoms. The average Bonchev–Trinajstić information content (AvgIpc) is 3.02. The minimum atomic E-state index is -0.739. The van der Waals surface area contributed by atoms with Crippen molar-refractivity contribution < 1.29 is 19.4 Å². The molecule has 3 heterocycles. The van der Waals surface area contributed by atoms with Crippen molar-refractivity contribution in [3.63, 3.8) is 0 Å². The topological polar surface area (TPSA) is 103 Å². The highest BCUT2D eigenvalue weighted by molar-refractivity contribution is 6.11. The number of hydrogen-bond acceptors (Lipinski definition) is 6. The molecular formula is C22H19N3O5. The molecule has 0 aliphatic carbocycles. The maximum absolute atomic E-state index is 13.3. The Balaban J connectivity index is 2.01. The van der Waals surface area contributed by atoms with Crippen molar-refractivity contribution in [2.75, 3.05) is 6.61 Å². The molecule has 8 heteroatoms. The summed E-state index contributed by atoms with van der Waals surface area (Å²) in [4.78, 5) is 42.6. The minimum Gasteiger partial charge on any atom is -0.505 e. The van der Waals surface area contributed by atoms with Crippen molar-refractivity contribution in [3.8, 4) is 5.75 Å². The van der Waals surface area contributed by atoms with Gasteiger partial charge in [-0.1, -0.05) is 30.3 Å². The number of benzene rings is 1. The van der Waals surface area contributed by atoms with Gasteiger partial charge in [0.25, 0.3) is 5.56 Å². The molecule has 0 radical (unpaired) electrons. The highest BCUT2D eigenvalue weighted by Crippen LogP contribution is 2.33. The SMILES string of the molecule is CCOC(=O)c1c(O)c2c(=O)n(CC(=O)c3ccccc3)c3ccncc3c2n1C. The van der Waals surface area contributed by atoms with E-state index >= 15 is 0 Å². The van der Waals surface area contributed by atoms with Crippen LogP contribution in [0.3, 0.4) is 0 Å². The molecule has 1 N–H and O–H groups in total. The Bertz CT molecular complexity index is 1350. The van der Waals surface area contributed by atoms with E-state index in [1.54, 1.807) is 50.4 Å². The summed E-state index contributed by atoms with van der Waals surface area (Å²) in [6.07, 6.45) is 3.06. The molecule has 0 aliphatic rings. The number of rotatable bonds is 5. The van der Waals surface area contributed by atoms with Gasteiger partial charge in [0.15, 0.2) is 17.2 Å². The smallest absolute Gasteiger partial charge is 0.358 e. The second-order valence-electron chi connectivity index (χ2n) is 6.77. The van der Waals surface area contributed by atoms with E-state index in [2.05, 4.69) is 4.98 Å². The Kier molecular flexibility index (Phi) is 4.83. The van der Waals surface area contributed by atoms with Crippen LogP contribution < -0.4 is 5.56 Å². The van der Waals surface area contributed by atoms with Gasteiger partial charge in [0.1, 0.15) is 5.39 Å². The number of fused-ring (bicyclic) bond motifs is 3. The van der Waals surface area contributed by atoms with Crippen molar-refractivity contribution in [3.05, 3.63) is 70.4 Å². The van der Waals surface area contributed by atoms with Crippen LogP contribution >= 0.6 is 0 Å². The van der Waals surface area contributed by atoms with E-state index in [0.29, 0.717) is 22.0 Å². The van der Waals surface area contributed by atoms with Gasteiger partial charge in [0.2, 0.25) is 0 Å². The molecule has 0 atom stereocenters. The highest BCUT2D eigenvalue weighted by atomic mass is 16.5. The number of hydrogen-bond donors (Lipinski definition) is 1. The summed E-state index contributed by atoms with van der Waals surface area (Å²) in [6, 6.07) is 10.3. The number of pyridine rings is 2. The fourth-order valence-electron chi connectivity index (χ4n) is 3.69. The molecule has 0 bridgehead atoms. The third kappa shape index (κ3) is 2.93. The van der Waals surface area contributed by atoms with Gasteiger partial charge in [0.05, 0.1) is 24.2 Å². The molecule has 0 aliphatic heterocycles. The predicted octanol–water partition coefficient (Wildman–Crippen LogP) is 2.65. The Morgan fingerprint density at radius 1 is 1.17 bits per heavy atom. The molecule has 8 nitrogen and oxygen atoms in total. The number of carbonyl (C=O) groups excluding carboxylic acids is 2. The predicted molar refractivity (Wildman–Crippen MR) is 111 cm³/mol. The quantitative estimate of drug-likeness (QED) is 0.404. The summed E-state index contributed by atoms with van der Waals surface area (Å²) in [6.45, 7) is 1.55. The van der Waals surface area contributed by atoms with Crippen LogP contribution in [-0.2, 0) is 18.3 Å². The largest absolute Gasteiger partial charge is 0.505 e. The molecule has 152 valence electrons. The lowest BCUT2D eigenvalue weighted by Crippen LogP contribution is -2.25. The lowest BCUT2D eigenvalue weighted by molar-refractivity contribution is 0.0512. The highest BCUT2D eigenvalue weighted by Gasteiger charge is 2.27. The van der Waals surface area contributed by atoms with Gasteiger partial charge in [-0.2, -0.15) is 0 Å². The molecule has 0 saturated carbocycles. The number of carbonyl (C=O) groups is 2. The zero-order valence-electron chi connectivity index (χ0n) is 16.5. The van der Waals surface area contributed by atoms with Gasteiger partial charge < -0.3 is 14.4 Å². The zero-order valence-corrected chi connectivity index (χ0v) is 16.5. The Morgan fingerprint density at radius 3 is 2.60 bits per heavy atom. The summed E-state index contributed by atoms with van der Waals surface area (Å²) >= 11 is 0. The number of aryl methyl sites for hydroxylation is 1. The number of nitrogens with zero attached hydrogens (tertiary/aromatic N) is 3. The van der Waals surface area contributed by atoms with Crippen molar-refractivity contribution in [2.45, 2.75) is 13.5 Å². The number of ketones is 1. The Hall–Kier alpha value is -3.94. The summed E-state index contributed by atoms with van der Waals surface area (Å²) < 4.78 is 7.75. The van der Waals surface area contributed by atoms with Gasteiger partial charge in [-0.25, -0.2) is 4.79 Å². The first-order valence-corrected chi connectivity index (χ1v) is 9.39. The number of Topliss-reactive ketones (excluding diaryl/α,β-unsaturated/α-hetero) is 1. The average molecular weight is 405 g/mol. The van der Waals surface area contributed by atoms with E-state index in [0.717, 1.165) is 0 Å². The number of aromatic hydroxyl groups is 1. The summed E-state index contributed by atoms with van der Waals surface area (Å²) in [5.41, 5.74) is 0.601. The molecule has 0 amide bonds. The monoisotopic (exact) mass is 405 g/mol. The molecule has 4 aromatic rings. The molecule has 0 unspecified atom stereocenters. The summed E-state index contributed by atoms with van der Waals surface area (Å²) in [5, 5.41) is 11.2. The molecule has 1 aromatic carbocycles. The number of aromatic nitrogens is 3. The van der Waals surface area contributed by atoms with Gasteiger partial charge in [-0.15, -0.1) is 0 Å². The van der Waals surface area contributed by atoms with Crippen molar-refractivity contribution in [1.29, 1.82) is 0 Å². The fraction of sp³-hybridized carbons (Fsp3) is 0.182. The van der Waals surface area contributed by atoms with Crippen LogP contribution in [-0.4, -0.2) is 37.6 Å². The van der Waals surface area contributed by atoms with Crippen LogP contribution in [0.5, 0.6) is 5.75 Å². The van der Waals surface area contributed by atoms with Gasteiger partial charge in [0, 0.05) is 30.4 Å². The van der Waals surface area contributed by atoms with Crippen LogP contribution in [0.15, 0.2) is 53.6 Å². The normalized spacial score (nSPS) is 11.1. The first-order chi connectivity index (χ1) is 14.5. The lowest BCUT2D eigenvalue weighted by atomic mass is 10.1. The minimum absolute atomic E-state index is 0.0538. The molecule has 0 saturated heterocycles. The maximum atomic E-state index is 13.3. The second-order valence-corrected chi connectivity index (χ2v) is 6.77. The van der Waals surface area contributed by atoms with Crippen molar-refractivity contribution in [1.82, 2.24) is 14.1 Å². The second kappa shape index (κ2) is 7.47. The number of esters is 1. The molecule has 0 spiro atoms. The Labute approximate surface area is 171 Å². The first kappa shape index (κ1) is 19.4. The van der Waals surface area contributed by atoms with E-state index in [9.17, 15) is 19.5 Å². The van der Waals surface area contributed by atoms with Crippen molar-refractivity contribution in [2.24, 2.45) is 7.05 Å². The van der Waals surface area contributed by atoms with Crippen LogP contribution in [0.1, 0.15) is 27.8 Å². The summed E-state index contributed by atoms with van der Waals surface area (Å²) in [5.74, 6) is -1.46. The fourth-order valence-corrected chi connectivity index (χ4v) is 3.69. The van der Waals surface area contributed by atoms with E-state index in [1.807, 2.05) is 0 Å². The van der Waals surface area contributed by atoms with Crippen LogP contribution in [0, 0.1) is 0 Å². The van der Waals surface area contributed by atoms with Gasteiger partial charge >= 0.3 is 5.97 Å². The van der Waals surface area contributed by atoms with E-state index < -0.39 is 17.3 Å². The molecule has 4 rings (SSSR count). The Morgan fingerprint density at radius 2 is 1.90 bits per heavy atom. The third-order valence-corrected chi connectivity index (χ3v) is 5.04. The maximum Gasteiger partial charge on any atom is 0.358 e. The molecule has 0 fully saturated rings. The van der Waals surface area contributed by atoms with Crippen LogP contribution in [0.2, 0.25) is 0 Å². The molecule has 3 aromatic heterocycles. The van der Waals surface area contributed by atoms with E-state index in [1.165, 1.54) is 21.5 Å². The summed E-state index contributed by atoms with van der Waals surface area (Å²) in [7, 11) is 1.57. The third-order valence-electron chi connectivity index (χ3n) is 5.04. The van der Waals surface area contributed by atoms with E-state index in [4.69, 9.17) is 4.74 Å². The van der Waals surface area contributed by atoms with Gasteiger partial charge in [-0.3, -0.25) is 19.1 Å². The van der Waals surface area contributed by atoms with Crippen LogP contribution in [0.25, 0.3) is 21.8 Å². The van der Waals surface area contributed by atoms with E-state index in [-0.39, 0.29) is 30.0 Å². The van der Waals surface area contributed by atoms with Crippen LogP contribution in [0.4, 0.5) is 0 Å².